The molecule has 0 saturated heterocycles. The standard InChI is InChI=1S/C9H11ClN2O4S/c1-16-5-9(13)12-8-4-6(17(11,14)15)2-3-7(8)10/h2-4H,5H2,1H3,(H,12,13)(H2,11,14,15). The molecule has 1 amide bonds. The van der Waals surface area contributed by atoms with Gasteiger partial charge in [0.05, 0.1) is 15.6 Å². The van der Waals surface area contributed by atoms with E-state index in [9.17, 15) is 13.2 Å². The smallest absolute Gasteiger partial charge is 0.250 e. The number of nitrogens with two attached hydrogens (primary N) is 1. The number of hydrogen-bond donors (Lipinski definition) is 2. The van der Waals surface area contributed by atoms with E-state index in [4.69, 9.17) is 16.7 Å². The van der Waals surface area contributed by atoms with Crippen LogP contribution >= 0.6 is 11.6 Å². The van der Waals surface area contributed by atoms with E-state index >= 15 is 0 Å². The molecule has 0 aliphatic rings. The SMILES string of the molecule is COCC(=O)Nc1cc(S(N)(=O)=O)ccc1Cl. The summed E-state index contributed by atoms with van der Waals surface area (Å²) in [6.45, 7) is -0.157. The first-order valence-electron chi connectivity index (χ1n) is 4.45. The summed E-state index contributed by atoms with van der Waals surface area (Å²) in [4.78, 5) is 11.1. The van der Waals surface area contributed by atoms with Gasteiger partial charge in [0.1, 0.15) is 6.61 Å². The number of primary sulfonamides is 1. The van der Waals surface area contributed by atoms with Crippen molar-refractivity contribution in [2.75, 3.05) is 19.0 Å². The number of hydrogen-bond acceptors (Lipinski definition) is 4. The van der Waals surface area contributed by atoms with Crippen LogP contribution in [0.25, 0.3) is 0 Å². The molecular weight excluding hydrogens is 268 g/mol. The molecule has 0 saturated carbocycles. The quantitative estimate of drug-likeness (QED) is 0.841. The molecule has 0 heterocycles. The molecule has 0 aliphatic heterocycles. The Morgan fingerprint density at radius 1 is 1.53 bits per heavy atom. The van der Waals surface area contributed by atoms with Crippen LogP contribution in [-0.2, 0) is 19.6 Å². The first kappa shape index (κ1) is 13.9. The Kier molecular flexibility index (Phi) is 4.47. The van der Waals surface area contributed by atoms with Crippen molar-refractivity contribution in [3.63, 3.8) is 0 Å². The van der Waals surface area contributed by atoms with Gasteiger partial charge in [-0.3, -0.25) is 4.79 Å². The molecule has 0 aromatic heterocycles. The number of anilines is 1. The van der Waals surface area contributed by atoms with Crippen LogP contribution in [0.4, 0.5) is 5.69 Å². The minimum atomic E-state index is -3.83. The summed E-state index contributed by atoms with van der Waals surface area (Å²) in [6.07, 6.45) is 0. The summed E-state index contributed by atoms with van der Waals surface area (Å²) in [6, 6.07) is 3.78. The lowest BCUT2D eigenvalue weighted by atomic mass is 10.3. The van der Waals surface area contributed by atoms with Gasteiger partial charge >= 0.3 is 0 Å². The summed E-state index contributed by atoms with van der Waals surface area (Å²) in [5.74, 6) is -0.444. The largest absolute Gasteiger partial charge is 0.375 e. The zero-order valence-electron chi connectivity index (χ0n) is 8.94. The third kappa shape index (κ3) is 3.97. The predicted octanol–water partition coefficient (Wildman–Crippen LogP) is 0.572. The number of ether oxygens (including phenoxy) is 1. The number of methoxy groups -OCH3 is 1. The number of amides is 1. The van der Waals surface area contributed by atoms with Crippen LogP contribution in [0.1, 0.15) is 0 Å². The maximum atomic E-state index is 11.3. The lowest BCUT2D eigenvalue weighted by Gasteiger charge is -2.08. The Balaban J connectivity index is 3.03. The molecule has 3 N–H and O–H groups in total. The van der Waals surface area contributed by atoms with Crippen molar-refractivity contribution < 1.29 is 17.9 Å². The fraction of sp³-hybridized carbons (Fsp3) is 0.222. The van der Waals surface area contributed by atoms with Crippen molar-refractivity contribution in [3.05, 3.63) is 23.2 Å². The van der Waals surface area contributed by atoms with Crippen LogP contribution in [-0.4, -0.2) is 28.0 Å². The molecule has 0 bridgehead atoms. The maximum Gasteiger partial charge on any atom is 0.250 e. The molecule has 0 aliphatic carbocycles. The fourth-order valence-corrected chi connectivity index (χ4v) is 1.80. The Morgan fingerprint density at radius 3 is 2.71 bits per heavy atom. The van der Waals surface area contributed by atoms with E-state index in [0.29, 0.717) is 0 Å². The summed E-state index contributed by atoms with van der Waals surface area (Å²) in [5.41, 5.74) is 0.167. The lowest BCUT2D eigenvalue weighted by Crippen LogP contribution is -2.18. The molecule has 1 aromatic carbocycles. The minimum absolute atomic E-state index is 0.130. The first-order valence-corrected chi connectivity index (χ1v) is 6.38. The molecule has 0 spiro atoms. The maximum absolute atomic E-state index is 11.3. The first-order chi connectivity index (χ1) is 7.84. The minimum Gasteiger partial charge on any atom is -0.375 e. The van der Waals surface area contributed by atoms with Gasteiger partial charge in [0.15, 0.2) is 0 Å². The zero-order chi connectivity index (χ0) is 13.1. The number of carbonyl (C=O) groups is 1. The van der Waals surface area contributed by atoms with Crippen LogP contribution < -0.4 is 10.5 Å². The van der Waals surface area contributed by atoms with Gasteiger partial charge in [0, 0.05) is 7.11 Å². The number of carbonyl (C=O) groups excluding carboxylic acids is 1. The monoisotopic (exact) mass is 278 g/mol. The molecule has 0 fully saturated rings. The topological polar surface area (TPSA) is 98.5 Å². The van der Waals surface area contributed by atoms with Crippen molar-refractivity contribution in [2.24, 2.45) is 5.14 Å². The van der Waals surface area contributed by atoms with Crippen molar-refractivity contribution in [3.8, 4) is 0 Å². The highest BCUT2D eigenvalue weighted by molar-refractivity contribution is 7.89. The van der Waals surface area contributed by atoms with E-state index in [1.807, 2.05) is 0 Å². The molecule has 0 radical (unpaired) electrons. The summed E-state index contributed by atoms with van der Waals surface area (Å²) in [5, 5.41) is 7.57. The number of halogens is 1. The highest BCUT2D eigenvalue weighted by Crippen LogP contribution is 2.24. The van der Waals surface area contributed by atoms with Crippen LogP contribution in [0.5, 0.6) is 0 Å². The highest BCUT2D eigenvalue weighted by Gasteiger charge is 2.12. The Hall–Kier alpha value is -1.15. The second-order valence-corrected chi connectivity index (χ2v) is 5.14. The van der Waals surface area contributed by atoms with Gasteiger partial charge in [0.25, 0.3) is 0 Å². The Morgan fingerprint density at radius 2 is 2.18 bits per heavy atom. The van der Waals surface area contributed by atoms with E-state index in [2.05, 4.69) is 10.1 Å². The normalized spacial score (nSPS) is 11.2. The van der Waals surface area contributed by atoms with Gasteiger partial charge in [0.2, 0.25) is 15.9 Å². The number of sulfonamides is 1. The van der Waals surface area contributed by atoms with Gasteiger partial charge in [-0.2, -0.15) is 0 Å². The molecule has 8 heteroatoms. The van der Waals surface area contributed by atoms with Gasteiger partial charge < -0.3 is 10.1 Å². The van der Waals surface area contributed by atoms with Crippen molar-refractivity contribution in [1.82, 2.24) is 0 Å². The number of rotatable bonds is 4. The Labute approximate surface area is 104 Å². The van der Waals surface area contributed by atoms with E-state index in [1.54, 1.807) is 0 Å². The summed E-state index contributed by atoms with van der Waals surface area (Å²) in [7, 11) is -2.47. The average Bonchev–Trinajstić information content (AvgIpc) is 2.20. The molecule has 1 rings (SSSR count). The van der Waals surface area contributed by atoms with Gasteiger partial charge in [-0.1, -0.05) is 11.6 Å². The average molecular weight is 279 g/mol. The highest BCUT2D eigenvalue weighted by atomic mass is 35.5. The van der Waals surface area contributed by atoms with E-state index in [0.717, 1.165) is 0 Å². The van der Waals surface area contributed by atoms with Crippen molar-refractivity contribution in [1.29, 1.82) is 0 Å². The van der Waals surface area contributed by atoms with Crippen LogP contribution in [0.2, 0.25) is 5.02 Å². The van der Waals surface area contributed by atoms with E-state index in [1.165, 1.54) is 25.3 Å². The van der Waals surface area contributed by atoms with Gasteiger partial charge in [-0.05, 0) is 18.2 Å². The fourth-order valence-electron chi connectivity index (χ4n) is 1.09. The van der Waals surface area contributed by atoms with E-state index in [-0.39, 0.29) is 22.2 Å². The van der Waals surface area contributed by atoms with E-state index < -0.39 is 15.9 Å². The van der Waals surface area contributed by atoms with Crippen LogP contribution in [0.15, 0.2) is 23.1 Å². The number of nitrogens with one attached hydrogen (secondary N) is 1. The van der Waals surface area contributed by atoms with Gasteiger partial charge in [-0.25, -0.2) is 13.6 Å². The number of benzene rings is 1. The molecule has 6 nitrogen and oxygen atoms in total. The summed E-state index contributed by atoms with van der Waals surface area (Å²) >= 11 is 5.80. The second kappa shape index (κ2) is 5.46. The van der Waals surface area contributed by atoms with Crippen LogP contribution in [0, 0.1) is 0 Å². The molecule has 94 valence electrons. The zero-order valence-corrected chi connectivity index (χ0v) is 10.5. The third-order valence-corrected chi connectivity index (χ3v) is 3.06. The molecular formula is C9H11ClN2O4S. The van der Waals surface area contributed by atoms with Crippen molar-refractivity contribution >= 4 is 33.2 Å². The third-order valence-electron chi connectivity index (χ3n) is 1.82. The Bertz CT molecular complexity index is 530. The molecule has 1 aromatic rings. The summed E-state index contributed by atoms with van der Waals surface area (Å²) < 4.78 is 26.8. The van der Waals surface area contributed by atoms with Crippen molar-refractivity contribution in [2.45, 2.75) is 4.90 Å². The van der Waals surface area contributed by atoms with Gasteiger partial charge in [-0.15, -0.1) is 0 Å². The lowest BCUT2D eigenvalue weighted by molar-refractivity contribution is -0.119. The molecule has 0 atom stereocenters. The molecule has 17 heavy (non-hydrogen) atoms. The molecule has 0 unspecified atom stereocenters. The second-order valence-electron chi connectivity index (χ2n) is 3.17. The van der Waals surface area contributed by atoms with Crippen LogP contribution in [0.3, 0.4) is 0 Å². The predicted molar refractivity (Wildman–Crippen MR) is 63.3 cm³/mol.